The fraction of sp³-hybridized carbons (Fsp3) is 0.320. The van der Waals surface area contributed by atoms with E-state index < -0.39 is 0 Å². The molecular weight excluding hydrogens is 402 g/mol. The summed E-state index contributed by atoms with van der Waals surface area (Å²) in [6.07, 6.45) is 3.34. The monoisotopic (exact) mass is 429 g/mol. The maximum Gasteiger partial charge on any atom is 0.262 e. The lowest BCUT2D eigenvalue weighted by atomic mass is 10.1. The van der Waals surface area contributed by atoms with Crippen LogP contribution in [-0.4, -0.2) is 59.3 Å². The minimum absolute atomic E-state index is 0.0252. The molecule has 0 bridgehead atoms. The van der Waals surface area contributed by atoms with Gasteiger partial charge >= 0.3 is 0 Å². The number of hydrogen-bond acceptors (Lipinski definition) is 6. The Bertz CT molecular complexity index is 1310. The first-order chi connectivity index (χ1) is 15.6. The zero-order chi connectivity index (χ0) is 22.1. The van der Waals surface area contributed by atoms with Gasteiger partial charge in [-0.3, -0.25) is 19.2 Å². The summed E-state index contributed by atoms with van der Waals surface area (Å²) in [5, 5.41) is 1.51. The molecule has 0 radical (unpaired) electrons. The first kappa shape index (κ1) is 20.5. The Morgan fingerprint density at radius 1 is 0.938 bits per heavy atom. The molecule has 2 aromatic carbocycles. The van der Waals surface area contributed by atoms with Crippen LogP contribution in [0, 0.1) is 6.92 Å². The molecule has 164 valence electrons. The zero-order valence-electron chi connectivity index (χ0n) is 18.5. The molecule has 1 fully saturated rings. The lowest BCUT2D eigenvalue weighted by Crippen LogP contribution is -2.47. The second-order valence-corrected chi connectivity index (χ2v) is 8.31. The lowest BCUT2D eigenvalue weighted by Gasteiger charge is -2.36. The molecule has 0 N–H and O–H groups in total. The molecule has 2 aromatic heterocycles. The molecule has 0 saturated carbocycles. The predicted molar refractivity (Wildman–Crippen MR) is 128 cm³/mol. The van der Waals surface area contributed by atoms with E-state index in [2.05, 4.69) is 31.9 Å². The van der Waals surface area contributed by atoms with Gasteiger partial charge in [-0.15, -0.1) is 0 Å². The summed E-state index contributed by atoms with van der Waals surface area (Å²) >= 11 is 0. The molecule has 4 aromatic rings. The highest BCUT2D eigenvalue weighted by molar-refractivity contribution is 6.02. The predicted octanol–water partition coefficient (Wildman–Crippen LogP) is 3.08. The summed E-state index contributed by atoms with van der Waals surface area (Å²) in [5.41, 5.74) is 3.92. The van der Waals surface area contributed by atoms with E-state index in [1.165, 1.54) is 5.69 Å². The Labute approximate surface area is 186 Å². The van der Waals surface area contributed by atoms with Gasteiger partial charge in [0.05, 0.1) is 29.9 Å². The van der Waals surface area contributed by atoms with Crippen LogP contribution < -0.4 is 15.2 Å². The van der Waals surface area contributed by atoms with Crippen molar-refractivity contribution in [3.05, 3.63) is 70.9 Å². The number of ether oxygens (including phenoxy) is 1. The third kappa shape index (κ3) is 3.91. The fourth-order valence-electron chi connectivity index (χ4n) is 4.35. The summed E-state index contributed by atoms with van der Waals surface area (Å²) in [5.74, 6) is 0.875. The Balaban J connectivity index is 1.26. The molecular formula is C25H27N5O2. The van der Waals surface area contributed by atoms with Crippen molar-refractivity contribution >= 4 is 27.5 Å². The van der Waals surface area contributed by atoms with E-state index in [9.17, 15) is 4.79 Å². The average Bonchev–Trinajstić information content (AvgIpc) is 2.84. The number of benzene rings is 2. The Kier molecular flexibility index (Phi) is 5.49. The van der Waals surface area contributed by atoms with Crippen LogP contribution in [-0.2, 0) is 6.54 Å². The molecule has 1 aliphatic rings. The molecule has 32 heavy (non-hydrogen) atoms. The number of aryl methyl sites for hydroxylation is 1. The number of hydrogen-bond donors (Lipinski definition) is 0. The number of fused-ring (bicyclic) bond motifs is 3. The average molecular weight is 430 g/mol. The van der Waals surface area contributed by atoms with E-state index in [1.807, 2.05) is 37.3 Å². The highest BCUT2D eigenvalue weighted by Crippen LogP contribution is 2.22. The standard InChI is InChI=1S/C25H27N5O2/c1-18-3-8-23-21(15-18)24-22(16-26-23)25(31)30(17-27-24)14-11-28-9-12-29(13-10-28)19-4-6-20(32-2)7-5-19/h3-8,15-17H,9-14H2,1-2H3. The quantitative estimate of drug-likeness (QED) is 0.455. The molecule has 5 rings (SSSR count). The Hall–Kier alpha value is -3.45. The van der Waals surface area contributed by atoms with Gasteiger partial charge in [-0.2, -0.15) is 0 Å². The molecule has 0 unspecified atom stereocenters. The number of rotatable bonds is 5. The van der Waals surface area contributed by atoms with Gasteiger partial charge in [0.25, 0.3) is 5.56 Å². The third-order valence-electron chi connectivity index (χ3n) is 6.28. The van der Waals surface area contributed by atoms with Gasteiger partial charge in [0.15, 0.2) is 0 Å². The molecule has 0 amide bonds. The van der Waals surface area contributed by atoms with Crippen LogP contribution in [0.3, 0.4) is 0 Å². The number of methoxy groups -OCH3 is 1. The molecule has 7 nitrogen and oxygen atoms in total. The van der Waals surface area contributed by atoms with Gasteiger partial charge in [-0.1, -0.05) is 11.6 Å². The molecule has 7 heteroatoms. The number of anilines is 1. The van der Waals surface area contributed by atoms with Crippen molar-refractivity contribution in [3.8, 4) is 5.75 Å². The summed E-state index contributed by atoms with van der Waals surface area (Å²) in [6, 6.07) is 14.3. The van der Waals surface area contributed by atoms with Crippen LogP contribution in [0.2, 0.25) is 0 Å². The molecule has 3 heterocycles. The highest BCUT2D eigenvalue weighted by atomic mass is 16.5. The summed E-state index contributed by atoms with van der Waals surface area (Å²) < 4.78 is 6.96. The largest absolute Gasteiger partial charge is 0.497 e. The van der Waals surface area contributed by atoms with Crippen LogP contribution in [0.15, 0.2) is 59.8 Å². The van der Waals surface area contributed by atoms with Gasteiger partial charge in [0.2, 0.25) is 0 Å². The third-order valence-corrected chi connectivity index (χ3v) is 6.28. The molecule has 0 spiro atoms. The number of pyridine rings is 1. The first-order valence-corrected chi connectivity index (χ1v) is 11.0. The number of piperazine rings is 1. The van der Waals surface area contributed by atoms with Crippen molar-refractivity contribution in [1.82, 2.24) is 19.4 Å². The minimum Gasteiger partial charge on any atom is -0.497 e. The SMILES string of the molecule is COc1ccc(N2CCN(CCn3cnc4c(cnc5ccc(C)cc54)c3=O)CC2)cc1. The van der Waals surface area contributed by atoms with E-state index >= 15 is 0 Å². The molecule has 0 aliphatic carbocycles. The van der Waals surface area contributed by atoms with Gasteiger partial charge in [0, 0.05) is 56.5 Å². The first-order valence-electron chi connectivity index (χ1n) is 11.0. The van der Waals surface area contributed by atoms with Crippen LogP contribution in [0.4, 0.5) is 5.69 Å². The Morgan fingerprint density at radius 3 is 2.47 bits per heavy atom. The normalized spacial score (nSPS) is 14.9. The summed E-state index contributed by atoms with van der Waals surface area (Å²) in [7, 11) is 1.68. The Morgan fingerprint density at radius 2 is 1.72 bits per heavy atom. The fourth-order valence-corrected chi connectivity index (χ4v) is 4.35. The summed E-state index contributed by atoms with van der Waals surface area (Å²) in [6.45, 7) is 7.34. The van der Waals surface area contributed by atoms with E-state index in [4.69, 9.17) is 4.74 Å². The second-order valence-electron chi connectivity index (χ2n) is 8.31. The maximum absolute atomic E-state index is 13.1. The topological polar surface area (TPSA) is 63.5 Å². The van der Waals surface area contributed by atoms with Gasteiger partial charge in [0.1, 0.15) is 5.75 Å². The van der Waals surface area contributed by atoms with Crippen molar-refractivity contribution in [3.63, 3.8) is 0 Å². The van der Waals surface area contributed by atoms with E-state index in [0.29, 0.717) is 11.9 Å². The highest BCUT2D eigenvalue weighted by Gasteiger charge is 2.17. The van der Waals surface area contributed by atoms with Gasteiger partial charge < -0.3 is 9.64 Å². The van der Waals surface area contributed by atoms with Crippen molar-refractivity contribution in [2.45, 2.75) is 13.5 Å². The van der Waals surface area contributed by atoms with Crippen molar-refractivity contribution in [1.29, 1.82) is 0 Å². The molecule has 1 saturated heterocycles. The van der Waals surface area contributed by atoms with Crippen molar-refractivity contribution < 1.29 is 4.74 Å². The smallest absolute Gasteiger partial charge is 0.262 e. The molecule has 1 aliphatic heterocycles. The van der Waals surface area contributed by atoms with Crippen LogP contribution >= 0.6 is 0 Å². The van der Waals surface area contributed by atoms with E-state index in [1.54, 1.807) is 24.2 Å². The number of nitrogens with zero attached hydrogens (tertiary/aromatic N) is 5. The van der Waals surface area contributed by atoms with Crippen LogP contribution in [0.1, 0.15) is 5.56 Å². The minimum atomic E-state index is -0.0252. The van der Waals surface area contributed by atoms with Crippen molar-refractivity contribution in [2.24, 2.45) is 0 Å². The molecule has 0 atom stereocenters. The number of aromatic nitrogens is 3. The van der Waals surface area contributed by atoms with Crippen LogP contribution in [0.5, 0.6) is 5.75 Å². The van der Waals surface area contributed by atoms with Crippen LogP contribution in [0.25, 0.3) is 21.8 Å². The van der Waals surface area contributed by atoms with Gasteiger partial charge in [-0.25, -0.2) is 4.98 Å². The van der Waals surface area contributed by atoms with E-state index in [-0.39, 0.29) is 5.56 Å². The maximum atomic E-state index is 13.1. The summed E-state index contributed by atoms with van der Waals surface area (Å²) in [4.78, 5) is 27.0. The lowest BCUT2D eigenvalue weighted by molar-refractivity contribution is 0.247. The van der Waals surface area contributed by atoms with E-state index in [0.717, 1.165) is 60.5 Å². The zero-order valence-corrected chi connectivity index (χ0v) is 18.5. The second kappa shape index (κ2) is 8.59. The van der Waals surface area contributed by atoms with Gasteiger partial charge in [-0.05, 0) is 43.3 Å². The van der Waals surface area contributed by atoms with Crippen molar-refractivity contribution in [2.75, 3.05) is 44.7 Å².